The summed E-state index contributed by atoms with van der Waals surface area (Å²) >= 11 is 0. The number of carboxylic acid groups (broad SMARTS) is 1. The molecular weight excluding hydrogens is 182 g/mol. The Hall–Kier alpha value is -1.84. The third-order valence-corrected chi connectivity index (χ3v) is 1.25. The molecule has 0 aliphatic rings. The highest BCUT2D eigenvalue weighted by Gasteiger charge is 2.06. The molecule has 14 heavy (non-hydrogen) atoms. The van der Waals surface area contributed by atoms with Gasteiger partial charge in [-0.05, 0) is 18.9 Å². The van der Waals surface area contributed by atoms with Crippen LogP contribution in [-0.4, -0.2) is 23.5 Å². The summed E-state index contributed by atoms with van der Waals surface area (Å²) in [4.78, 5) is 22.2. The molecule has 1 rings (SSSR count). The van der Waals surface area contributed by atoms with E-state index >= 15 is 0 Å². The minimum atomic E-state index is -2.90. The van der Waals surface area contributed by atoms with Gasteiger partial charge >= 0.3 is 5.97 Å². The molecule has 0 saturated carbocycles. The average Bonchev–Trinajstić information content (AvgIpc) is 2.32. The molecule has 0 heterocycles. The standard InChI is InChI=1S/C10H11NO3/c1-7-3-2-4-8(5-7)10(14)11-6-9(12)13/h2-5H,6H2,1H3,(H,11,14)(H,12,13)/i1D3,2D,3D,4D,5D. The predicted molar refractivity (Wildman–Crippen MR) is 51.1 cm³/mol. The van der Waals surface area contributed by atoms with Gasteiger partial charge in [-0.1, -0.05) is 17.6 Å². The molecule has 0 fully saturated rings. The van der Waals surface area contributed by atoms with Crippen molar-refractivity contribution in [2.45, 2.75) is 6.85 Å². The van der Waals surface area contributed by atoms with E-state index in [-0.39, 0.29) is 0 Å². The van der Waals surface area contributed by atoms with Gasteiger partial charge in [0.1, 0.15) is 6.54 Å². The van der Waals surface area contributed by atoms with E-state index in [1.54, 1.807) is 0 Å². The fourth-order valence-corrected chi connectivity index (χ4v) is 0.702. The highest BCUT2D eigenvalue weighted by atomic mass is 16.4. The Morgan fingerprint density at radius 3 is 3.07 bits per heavy atom. The molecular formula is C10H11NO3. The molecule has 0 aromatic heterocycles. The number of amides is 1. The van der Waals surface area contributed by atoms with Crippen molar-refractivity contribution in [1.82, 2.24) is 5.32 Å². The Kier molecular flexibility index (Phi) is 1.30. The molecule has 1 aromatic carbocycles. The van der Waals surface area contributed by atoms with Crippen LogP contribution in [0.15, 0.2) is 24.2 Å². The van der Waals surface area contributed by atoms with Gasteiger partial charge in [0.2, 0.25) is 0 Å². The second-order valence-electron chi connectivity index (χ2n) is 2.33. The first-order valence-corrected chi connectivity index (χ1v) is 3.59. The van der Waals surface area contributed by atoms with E-state index in [0.29, 0.717) is 0 Å². The fourth-order valence-electron chi connectivity index (χ4n) is 0.702. The van der Waals surface area contributed by atoms with Crippen LogP contribution < -0.4 is 5.32 Å². The zero-order valence-electron chi connectivity index (χ0n) is 14.0. The second-order valence-corrected chi connectivity index (χ2v) is 2.33. The zero-order valence-corrected chi connectivity index (χ0v) is 6.97. The summed E-state index contributed by atoms with van der Waals surface area (Å²) in [6.45, 7) is -3.68. The first-order chi connectivity index (χ1) is 9.48. The molecule has 1 aromatic rings. The van der Waals surface area contributed by atoms with E-state index < -0.39 is 60.6 Å². The summed E-state index contributed by atoms with van der Waals surface area (Å²) in [5, 5.41) is 10.4. The molecule has 0 saturated heterocycles. The number of rotatable bonds is 3. The average molecular weight is 200 g/mol. The molecule has 0 aliphatic heterocycles. The number of nitrogens with one attached hydrogen (secondary N) is 1. The monoisotopic (exact) mass is 200 g/mol. The van der Waals surface area contributed by atoms with E-state index in [4.69, 9.17) is 14.7 Å². The Bertz CT molecular complexity index is 612. The lowest BCUT2D eigenvalue weighted by Crippen LogP contribution is -2.29. The second kappa shape index (κ2) is 4.41. The number of carbonyl (C=O) groups is 2. The van der Waals surface area contributed by atoms with Crippen LogP contribution in [0, 0.1) is 6.85 Å². The first kappa shape index (κ1) is 4.13. The summed E-state index contributed by atoms with van der Waals surface area (Å²) in [6, 6.07) is -3.29. The number of carboxylic acids is 1. The lowest BCUT2D eigenvalue weighted by atomic mass is 10.1. The zero-order chi connectivity index (χ0) is 16.5. The SMILES string of the molecule is [2H]c1c([2H])c(C(=O)NCC(=O)O)c([2H])c(C([2H])([2H])[2H])c1[2H]. The van der Waals surface area contributed by atoms with Crippen molar-refractivity contribution >= 4 is 11.9 Å². The number of carbonyl (C=O) groups excluding carboxylic acids is 1. The number of aliphatic carboxylic acids is 1. The van der Waals surface area contributed by atoms with Crippen LogP contribution in [0.4, 0.5) is 0 Å². The molecule has 74 valence electrons. The van der Waals surface area contributed by atoms with E-state index in [1.165, 1.54) is 0 Å². The fraction of sp³-hybridized carbons (Fsp3) is 0.200. The van der Waals surface area contributed by atoms with Gasteiger partial charge in [-0.2, -0.15) is 0 Å². The molecule has 4 nitrogen and oxygen atoms in total. The Morgan fingerprint density at radius 1 is 1.64 bits per heavy atom. The predicted octanol–water partition coefficient (Wildman–Crippen LogP) is 0.809. The molecule has 0 aliphatic carbocycles. The number of hydrogen-bond donors (Lipinski definition) is 2. The lowest BCUT2D eigenvalue weighted by molar-refractivity contribution is -0.135. The van der Waals surface area contributed by atoms with Crippen LogP contribution >= 0.6 is 0 Å². The molecule has 0 unspecified atom stereocenters. The highest BCUT2D eigenvalue weighted by molar-refractivity contribution is 5.95. The first-order valence-electron chi connectivity index (χ1n) is 7.09. The Balaban J connectivity index is 3.50. The van der Waals surface area contributed by atoms with Crippen LogP contribution in [0.25, 0.3) is 0 Å². The van der Waals surface area contributed by atoms with E-state index in [9.17, 15) is 9.59 Å². The molecule has 0 bridgehead atoms. The van der Waals surface area contributed by atoms with Gasteiger partial charge in [0.25, 0.3) is 5.91 Å². The van der Waals surface area contributed by atoms with Crippen molar-refractivity contribution in [2.75, 3.05) is 6.54 Å². The summed E-state index contributed by atoms with van der Waals surface area (Å²) < 4.78 is 52.1. The van der Waals surface area contributed by atoms with Crippen molar-refractivity contribution in [3.63, 3.8) is 0 Å². The topological polar surface area (TPSA) is 66.4 Å². The summed E-state index contributed by atoms with van der Waals surface area (Å²) in [6.07, 6.45) is 0. The van der Waals surface area contributed by atoms with Gasteiger partial charge in [0.05, 0.1) is 5.48 Å². The third kappa shape index (κ3) is 2.90. The molecule has 1 amide bonds. The van der Waals surface area contributed by atoms with Crippen molar-refractivity contribution in [2.24, 2.45) is 0 Å². The summed E-state index contributed by atoms with van der Waals surface area (Å²) in [7, 11) is 0. The van der Waals surface area contributed by atoms with Gasteiger partial charge in [0.15, 0.2) is 0 Å². The van der Waals surface area contributed by atoms with Crippen molar-refractivity contribution < 1.29 is 24.3 Å². The normalized spacial score (nSPS) is 17.6. The number of hydrogen-bond acceptors (Lipinski definition) is 2. The van der Waals surface area contributed by atoms with Crippen LogP contribution in [0.1, 0.15) is 25.5 Å². The maximum absolute atomic E-state index is 11.8. The van der Waals surface area contributed by atoms with Crippen molar-refractivity contribution in [1.29, 1.82) is 0 Å². The van der Waals surface area contributed by atoms with Crippen molar-refractivity contribution in [3.8, 4) is 0 Å². The van der Waals surface area contributed by atoms with Gasteiger partial charge < -0.3 is 10.4 Å². The van der Waals surface area contributed by atoms with E-state index in [1.807, 2.05) is 5.32 Å². The smallest absolute Gasteiger partial charge is 0.322 e. The van der Waals surface area contributed by atoms with Gasteiger partial charge in [-0.15, -0.1) is 0 Å². The molecule has 4 heteroatoms. The van der Waals surface area contributed by atoms with Crippen LogP contribution in [0.3, 0.4) is 0 Å². The molecule has 0 spiro atoms. The maximum atomic E-state index is 11.8. The Labute approximate surface area is 91.4 Å². The molecule has 0 radical (unpaired) electrons. The number of benzene rings is 1. The van der Waals surface area contributed by atoms with E-state index in [0.717, 1.165) is 0 Å². The van der Waals surface area contributed by atoms with Crippen LogP contribution in [0.2, 0.25) is 0 Å². The minimum Gasteiger partial charge on any atom is -0.480 e. The van der Waals surface area contributed by atoms with Gasteiger partial charge in [-0.25, -0.2) is 0 Å². The van der Waals surface area contributed by atoms with E-state index in [2.05, 4.69) is 0 Å². The minimum absolute atomic E-state index is 0.733. The van der Waals surface area contributed by atoms with Crippen LogP contribution in [0.5, 0.6) is 0 Å². The Morgan fingerprint density at radius 2 is 2.43 bits per heavy atom. The maximum Gasteiger partial charge on any atom is 0.322 e. The quantitative estimate of drug-likeness (QED) is 0.758. The lowest BCUT2D eigenvalue weighted by Gasteiger charge is -2.02. The highest BCUT2D eigenvalue weighted by Crippen LogP contribution is 2.03. The largest absolute Gasteiger partial charge is 0.480 e. The van der Waals surface area contributed by atoms with Crippen LogP contribution in [-0.2, 0) is 4.79 Å². The summed E-state index contributed by atoms with van der Waals surface area (Å²) in [5.74, 6) is -2.51. The van der Waals surface area contributed by atoms with Gasteiger partial charge in [-0.3, -0.25) is 9.59 Å². The van der Waals surface area contributed by atoms with Crippen molar-refractivity contribution in [3.05, 3.63) is 35.3 Å². The van der Waals surface area contributed by atoms with Gasteiger partial charge in [0, 0.05) is 9.68 Å². The third-order valence-electron chi connectivity index (χ3n) is 1.25. The molecule has 0 atom stereocenters. The summed E-state index contributed by atoms with van der Waals surface area (Å²) in [5.41, 5.74) is -1.55. The molecule has 2 N–H and O–H groups in total.